The zero-order valence-corrected chi connectivity index (χ0v) is 12.8. The first kappa shape index (κ1) is 13.3. The van der Waals surface area contributed by atoms with Crippen LogP contribution in [-0.4, -0.2) is 35.0 Å². The molecule has 1 aliphatic rings. The van der Waals surface area contributed by atoms with Gasteiger partial charge in [0.05, 0.1) is 5.39 Å². The Hall–Kier alpha value is -1.69. The Balaban J connectivity index is 2.11. The van der Waals surface area contributed by atoms with Crippen LogP contribution < -0.4 is 10.2 Å². The van der Waals surface area contributed by atoms with Crippen LogP contribution in [0.25, 0.3) is 10.2 Å². The Morgan fingerprint density at radius 2 is 2.20 bits per heavy atom. The first-order valence-electron chi connectivity index (χ1n) is 6.82. The quantitative estimate of drug-likeness (QED) is 0.873. The van der Waals surface area contributed by atoms with Gasteiger partial charge >= 0.3 is 0 Å². The first-order chi connectivity index (χ1) is 9.58. The average Bonchev–Trinajstić information content (AvgIpc) is 2.59. The van der Waals surface area contributed by atoms with Gasteiger partial charge in [-0.3, -0.25) is 4.79 Å². The summed E-state index contributed by atoms with van der Waals surface area (Å²) in [7, 11) is 0. The largest absolute Gasteiger partial charge is 0.354 e. The Morgan fingerprint density at radius 1 is 1.40 bits per heavy atom. The van der Waals surface area contributed by atoms with Crippen LogP contribution in [0, 0.1) is 13.8 Å². The zero-order chi connectivity index (χ0) is 14.3. The third-order valence-corrected chi connectivity index (χ3v) is 5.02. The summed E-state index contributed by atoms with van der Waals surface area (Å²) in [5, 5.41) is 4.06. The number of aromatic nitrogens is 2. The molecule has 0 saturated carbocycles. The lowest BCUT2D eigenvalue weighted by molar-refractivity contribution is -0.120. The minimum absolute atomic E-state index is 0.114. The van der Waals surface area contributed by atoms with Gasteiger partial charge in [0.25, 0.3) is 0 Å². The number of carbonyl (C=O) groups is 1. The van der Waals surface area contributed by atoms with Crippen LogP contribution >= 0.6 is 11.3 Å². The van der Waals surface area contributed by atoms with Crippen LogP contribution in [0.5, 0.6) is 0 Å². The molecular formula is C14H18N4OS. The normalized spacial score (nSPS) is 20.1. The Bertz CT molecular complexity index is 666. The number of hydrogen-bond donors (Lipinski definition) is 1. The molecule has 1 saturated heterocycles. The number of nitrogens with zero attached hydrogens (tertiary/aromatic N) is 3. The van der Waals surface area contributed by atoms with Crippen LogP contribution in [0.3, 0.4) is 0 Å². The van der Waals surface area contributed by atoms with Gasteiger partial charge in [-0.25, -0.2) is 9.97 Å². The number of anilines is 1. The van der Waals surface area contributed by atoms with Crippen LogP contribution in [0.15, 0.2) is 6.33 Å². The fourth-order valence-electron chi connectivity index (χ4n) is 2.68. The summed E-state index contributed by atoms with van der Waals surface area (Å²) in [4.78, 5) is 25.0. The van der Waals surface area contributed by atoms with Crippen molar-refractivity contribution >= 4 is 33.3 Å². The highest BCUT2D eigenvalue weighted by molar-refractivity contribution is 7.18. The third kappa shape index (κ3) is 2.14. The number of fused-ring (bicyclic) bond motifs is 1. The number of nitrogens with one attached hydrogen (secondary N) is 1. The summed E-state index contributed by atoms with van der Waals surface area (Å²) in [6.45, 7) is 7.76. The minimum atomic E-state index is 0.114. The second kappa shape index (κ2) is 5.01. The summed E-state index contributed by atoms with van der Waals surface area (Å²) in [6, 6.07) is 0.148. The van der Waals surface area contributed by atoms with Crippen molar-refractivity contribution in [2.45, 2.75) is 33.2 Å². The topological polar surface area (TPSA) is 58.1 Å². The minimum Gasteiger partial charge on any atom is -0.354 e. The summed E-state index contributed by atoms with van der Waals surface area (Å²) in [5.41, 5.74) is 1.25. The van der Waals surface area contributed by atoms with E-state index >= 15 is 0 Å². The van der Waals surface area contributed by atoms with Gasteiger partial charge in [-0.15, -0.1) is 11.3 Å². The SMILES string of the molecule is Cc1sc2ncnc(N3CCNC(=O)C[C@@H]3C)c2c1C. The molecule has 2 aromatic heterocycles. The number of rotatable bonds is 1. The monoisotopic (exact) mass is 290 g/mol. The van der Waals surface area contributed by atoms with Crippen LogP contribution in [0.2, 0.25) is 0 Å². The van der Waals surface area contributed by atoms with Gasteiger partial charge in [-0.05, 0) is 26.3 Å². The molecule has 0 aliphatic carbocycles. The second-order valence-corrected chi connectivity index (χ2v) is 6.46. The molecule has 1 atom stereocenters. The average molecular weight is 290 g/mol. The highest BCUT2D eigenvalue weighted by atomic mass is 32.1. The van der Waals surface area contributed by atoms with Gasteiger partial charge in [0.2, 0.25) is 5.91 Å². The van der Waals surface area contributed by atoms with Crippen molar-refractivity contribution in [3.8, 4) is 0 Å². The fourth-order valence-corrected chi connectivity index (χ4v) is 3.67. The molecule has 3 heterocycles. The molecule has 0 radical (unpaired) electrons. The van der Waals surface area contributed by atoms with E-state index in [1.165, 1.54) is 10.4 Å². The lowest BCUT2D eigenvalue weighted by atomic mass is 10.1. The van der Waals surface area contributed by atoms with Crippen LogP contribution in [0.1, 0.15) is 23.8 Å². The Labute approximate surface area is 122 Å². The molecule has 106 valence electrons. The lowest BCUT2D eigenvalue weighted by Crippen LogP contribution is -2.35. The van der Waals surface area contributed by atoms with Crippen molar-refractivity contribution in [2.75, 3.05) is 18.0 Å². The molecule has 1 aliphatic heterocycles. The van der Waals surface area contributed by atoms with Crippen LogP contribution in [0.4, 0.5) is 5.82 Å². The van der Waals surface area contributed by atoms with E-state index in [1.54, 1.807) is 17.7 Å². The molecule has 1 N–H and O–H groups in total. The van der Waals surface area contributed by atoms with E-state index in [4.69, 9.17) is 0 Å². The van der Waals surface area contributed by atoms with E-state index in [0.29, 0.717) is 13.0 Å². The molecule has 3 rings (SSSR count). The number of thiophene rings is 1. The maximum absolute atomic E-state index is 11.6. The predicted molar refractivity (Wildman–Crippen MR) is 81.3 cm³/mol. The van der Waals surface area contributed by atoms with Gasteiger partial charge in [-0.1, -0.05) is 0 Å². The van der Waals surface area contributed by atoms with E-state index in [2.05, 4.69) is 41.0 Å². The number of hydrogen-bond acceptors (Lipinski definition) is 5. The fraction of sp³-hybridized carbons (Fsp3) is 0.500. The standard InChI is InChI=1S/C14H18N4OS/c1-8-6-11(19)15-4-5-18(8)13-12-9(2)10(3)20-14(12)17-7-16-13/h7-8H,4-6H2,1-3H3,(H,15,19)/t8-/m0/s1. The molecule has 0 spiro atoms. The highest BCUT2D eigenvalue weighted by Crippen LogP contribution is 2.35. The predicted octanol–water partition coefficient (Wildman–Crippen LogP) is 2.02. The second-order valence-electron chi connectivity index (χ2n) is 5.26. The van der Waals surface area contributed by atoms with Gasteiger partial charge in [0, 0.05) is 30.4 Å². The molecule has 1 fully saturated rings. The van der Waals surface area contributed by atoms with E-state index in [0.717, 1.165) is 22.6 Å². The highest BCUT2D eigenvalue weighted by Gasteiger charge is 2.25. The van der Waals surface area contributed by atoms with Gasteiger partial charge < -0.3 is 10.2 Å². The molecule has 0 bridgehead atoms. The molecule has 0 unspecified atom stereocenters. The van der Waals surface area contributed by atoms with Crippen molar-refractivity contribution < 1.29 is 4.79 Å². The van der Waals surface area contributed by atoms with Gasteiger partial charge in [0.15, 0.2) is 0 Å². The summed E-state index contributed by atoms with van der Waals surface area (Å²) in [6.07, 6.45) is 2.13. The molecule has 2 aromatic rings. The van der Waals surface area contributed by atoms with Crippen molar-refractivity contribution in [1.29, 1.82) is 0 Å². The zero-order valence-electron chi connectivity index (χ0n) is 11.9. The van der Waals surface area contributed by atoms with E-state index < -0.39 is 0 Å². The van der Waals surface area contributed by atoms with Crippen LogP contribution in [-0.2, 0) is 4.79 Å². The summed E-state index contributed by atoms with van der Waals surface area (Å²) in [5.74, 6) is 1.07. The summed E-state index contributed by atoms with van der Waals surface area (Å²) < 4.78 is 0. The maximum Gasteiger partial charge on any atom is 0.222 e. The van der Waals surface area contributed by atoms with Crippen molar-refractivity contribution in [3.05, 3.63) is 16.8 Å². The summed E-state index contributed by atoms with van der Waals surface area (Å²) >= 11 is 1.70. The smallest absolute Gasteiger partial charge is 0.222 e. The molecule has 6 heteroatoms. The van der Waals surface area contributed by atoms with Gasteiger partial charge in [0.1, 0.15) is 17.0 Å². The first-order valence-corrected chi connectivity index (χ1v) is 7.63. The molecule has 0 aromatic carbocycles. The maximum atomic E-state index is 11.6. The van der Waals surface area contributed by atoms with Gasteiger partial charge in [-0.2, -0.15) is 0 Å². The van der Waals surface area contributed by atoms with Crippen molar-refractivity contribution in [3.63, 3.8) is 0 Å². The van der Waals surface area contributed by atoms with E-state index in [9.17, 15) is 4.79 Å². The van der Waals surface area contributed by atoms with E-state index in [-0.39, 0.29) is 11.9 Å². The number of aryl methyl sites for hydroxylation is 2. The number of amides is 1. The molecule has 5 nitrogen and oxygen atoms in total. The Morgan fingerprint density at radius 3 is 3.00 bits per heavy atom. The Kier molecular flexibility index (Phi) is 3.33. The lowest BCUT2D eigenvalue weighted by Gasteiger charge is -2.27. The van der Waals surface area contributed by atoms with Crippen molar-refractivity contribution in [2.24, 2.45) is 0 Å². The number of carbonyl (C=O) groups excluding carboxylic acids is 1. The third-order valence-electron chi connectivity index (χ3n) is 3.91. The molecular weight excluding hydrogens is 272 g/mol. The van der Waals surface area contributed by atoms with Crippen molar-refractivity contribution in [1.82, 2.24) is 15.3 Å². The molecule has 20 heavy (non-hydrogen) atoms. The van der Waals surface area contributed by atoms with E-state index in [1.807, 2.05) is 0 Å². The molecule has 1 amide bonds.